The summed E-state index contributed by atoms with van der Waals surface area (Å²) in [6.45, 7) is 7.21. The van der Waals surface area contributed by atoms with Crippen molar-refractivity contribution in [2.45, 2.75) is 39.7 Å². The number of nitrogens with one attached hydrogen (secondary N) is 1. The molecule has 0 aliphatic carbocycles. The Balaban J connectivity index is 3.99. The highest BCUT2D eigenvalue weighted by Gasteiger charge is 2.18. The summed E-state index contributed by atoms with van der Waals surface area (Å²) in [5, 5.41) is 2.93. The maximum Gasteiger partial charge on any atom is 0.220 e. The zero-order valence-electron chi connectivity index (χ0n) is 10.3. The Bertz CT molecular complexity index is 182. The number of nitrogens with two attached hydrogens (primary N) is 1. The van der Waals surface area contributed by atoms with E-state index in [1.165, 1.54) is 0 Å². The highest BCUT2D eigenvalue weighted by molar-refractivity contribution is 5.76. The van der Waals surface area contributed by atoms with E-state index < -0.39 is 0 Å². The number of carbonyl (C=O) groups is 1. The van der Waals surface area contributed by atoms with Crippen LogP contribution in [-0.2, 0) is 9.53 Å². The lowest BCUT2D eigenvalue weighted by atomic mass is 9.92. The van der Waals surface area contributed by atoms with Crippen LogP contribution in [0.1, 0.15) is 33.6 Å². The molecule has 90 valence electrons. The third-order valence-corrected chi connectivity index (χ3v) is 1.94. The first-order chi connectivity index (χ1) is 6.89. The first-order valence-electron chi connectivity index (χ1n) is 5.37. The fourth-order valence-corrected chi connectivity index (χ4v) is 1.36. The molecule has 0 heterocycles. The third-order valence-electron chi connectivity index (χ3n) is 1.94. The molecule has 0 saturated carbocycles. The van der Waals surface area contributed by atoms with E-state index in [2.05, 4.69) is 5.32 Å². The van der Waals surface area contributed by atoms with Gasteiger partial charge in [0.2, 0.25) is 5.91 Å². The van der Waals surface area contributed by atoms with Gasteiger partial charge >= 0.3 is 0 Å². The van der Waals surface area contributed by atoms with Crippen molar-refractivity contribution in [3.8, 4) is 0 Å². The predicted molar refractivity (Wildman–Crippen MR) is 61.6 cm³/mol. The van der Waals surface area contributed by atoms with Crippen molar-refractivity contribution in [2.75, 3.05) is 20.3 Å². The number of amides is 1. The van der Waals surface area contributed by atoms with Crippen LogP contribution in [0.25, 0.3) is 0 Å². The quantitative estimate of drug-likeness (QED) is 0.693. The van der Waals surface area contributed by atoms with Crippen LogP contribution >= 0.6 is 0 Å². The van der Waals surface area contributed by atoms with Crippen LogP contribution < -0.4 is 11.1 Å². The molecule has 1 atom stereocenters. The molecule has 0 aliphatic heterocycles. The number of methoxy groups -OCH3 is 1. The van der Waals surface area contributed by atoms with Crippen LogP contribution in [0.4, 0.5) is 0 Å². The Kier molecular flexibility index (Phi) is 6.52. The van der Waals surface area contributed by atoms with Gasteiger partial charge in [0.1, 0.15) is 0 Å². The van der Waals surface area contributed by atoms with Gasteiger partial charge in [-0.05, 0) is 18.4 Å². The fourth-order valence-electron chi connectivity index (χ4n) is 1.36. The number of hydrogen-bond acceptors (Lipinski definition) is 3. The summed E-state index contributed by atoms with van der Waals surface area (Å²) in [7, 11) is 1.62. The Labute approximate surface area is 92.6 Å². The van der Waals surface area contributed by atoms with Gasteiger partial charge in [-0.15, -0.1) is 0 Å². The number of hydrogen-bond donors (Lipinski definition) is 2. The van der Waals surface area contributed by atoms with Gasteiger partial charge in [0.25, 0.3) is 0 Å². The smallest absolute Gasteiger partial charge is 0.220 e. The first kappa shape index (κ1) is 14.4. The lowest BCUT2D eigenvalue weighted by molar-refractivity contribution is -0.123. The molecular weight excluding hydrogens is 192 g/mol. The number of ether oxygens (including phenoxy) is 1. The van der Waals surface area contributed by atoms with Crippen LogP contribution in [-0.4, -0.2) is 32.2 Å². The molecule has 0 aromatic heterocycles. The van der Waals surface area contributed by atoms with Crippen LogP contribution in [0.2, 0.25) is 0 Å². The van der Waals surface area contributed by atoms with Crippen LogP contribution in [0.3, 0.4) is 0 Å². The lowest BCUT2D eigenvalue weighted by Gasteiger charge is -2.21. The maximum atomic E-state index is 11.6. The second-order valence-corrected chi connectivity index (χ2v) is 5.03. The van der Waals surface area contributed by atoms with Gasteiger partial charge in [0.05, 0.1) is 12.6 Å². The van der Waals surface area contributed by atoms with E-state index in [9.17, 15) is 4.79 Å². The average molecular weight is 216 g/mol. The Morgan fingerprint density at radius 1 is 1.47 bits per heavy atom. The molecule has 0 aromatic rings. The number of carbonyl (C=O) groups excluding carboxylic acids is 1. The van der Waals surface area contributed by atoms with Gasteiger partial charge in [0.15, 0.2) is 0 Å². The van der Waals surface area contributed by atoms with Gasteiger partial charge < -0.3 is 15.8 Å². The van der Waals surface area contributed by atoms with E-state index >= 15 is 0 Å². The minimum absolute atomic E-state index is 0.0183. The molecule has 0 bridgehead atoms. The molecule has 0 rings (SSSR count). The second-order valence-electron chi connectivity index (χ2n) is 5.03. The zero-order chi connectivity index (χ0) is 11.9. The second kappa shape index (κ2) is 6.80. The lowest BCUT2D eigenvalue weighted by Crippen LogP contribution is -2.40. The molecule has 0 aromatic carbocycles. The molecule has 15 heavy (non-hydrogen) atoms. The summed E-state index contributed by atoms with van der Waals surface area (Å²) in [4.78, 5) is 11.6. The molecule has 3 N–H and O–H groups in total. The van der Waals surface area contributed by atoms with Gasteiger partial charge in [0, 0.05) is 13.5 Å². The minimum atomic E-state index is 0.0183. The van der Waals surface area contributed by atoms with Crippen LogP contribution in [0.5, 0.6) is 0 Å². The van der Waals surface area contributed by atoms with E-state index in [0.29, 0.717) is 19.6 Å². The topological polar surface area (TPSA) is 64.3 Å². The van der Waals surface area contributed by atoms with E-state index in [1.54, 1.807) is 7.11 Å². The molecule has 4 nitrogen and oxygen atoms in total. The van der Waals surface area contributed by atoms with Gasteiger partial charge in [-0.25, -0.2) is 0 Å². The highest BCUT2D eigenvalue weighted by Crippen LogP contribution is 2.17. The molecule has 0 aliphatic rings. The monoisotopic (exact) mass is 216 g/mol. The van der Waals surface area contributed by atoms with Crippen molar-refractivity contribution in [1.82, 2.24) is 5.32 Å². The fraction of sp³-hybridized carbons (Fsp3) is 0.909. The summed E-state index contributed by atoms with van der Waals surface area (Å²) in [5.41, 5.74) is 5.47. The normalized spacial score (nSPS) is 13.7. The summed E-state index contributed by atoms with van der Waals surface area (Å²) in [6.07, 6.45) is 1.28. The summed E-state index contributed by atoms with van der Waals surface area (Å²) < 4.78 is 5.02. The van der Waals surface area contributed by atoms with E-state index in [0.717, 1.165) is 6.42 Å². The molecule has 0 saturated heterocycles. The number of rotatable bonds is 6. The van der Waals surface area contributed by atoms with Crippen molar-refractivity contribution in [2.24, 2.45) is 11.1 Å². The first-order valence-corrected chi connectivity index (χ1v) is 5.37. The van der Waals surface area contributed by atoms with Crippen LogP contribution in [0.15, 0.2) is 0 Å². The zero-order valence-corrected chi connectivity index (χ0v) is 10.3. The summed E-state index contributed by atoms with van der Waals surface area (Å²) in [5.74, 6) is 0.0676. The molecule has 1 amide bonds. The molecule has 0 spiro atoms. The average Bonchev–Trinajstić information content (AvgIpc) is 2.00. The largest absolute Gasteiger partial charge is 0.383 e. The van der Waals surface area contributed by atoms with Crippen molar-refractivity contribution >= 4 is 5.91 Å². The van der Waals surface area contributed by atoms with E-state index in [4.69, 9.17) is 10.5 Å². The maximum absolute atomic E-state index is 11.6. The van der Waals surface area contributed by atoms with Gasteiger partial charge in [-0.1, -0.05) is 20.8 Å². The summed E-state index contributed by atoms with van der Waals surface area (Å²) >= 11 is 0. The van der Waals surface area contributed by atoms with Crippen molar-refractivity contribution < 1.29 is 9.53 Å². The molecule has 0 fully saturated rings. The minimum Gasteiger partial charge on any atom is -0.383 e. The van der Waals surface area contributed by atoms with Crippen molar-refractivity contribution in [3.63, 3.8) is 0 Å². The van der Waals surface area contributed by atoms with Gasteiger partial charge in [-0.3, -0.25) is 4.79 Å². The standard InChI is InChI=1S/C11H24N2O2/c1-11(2,3)7-10(14)13-9(5-6-12)8-15-4/h9H,5-8,12H2,1-4H3,(H,13,14). The predicted octanol–water partition coefficient (Wildman–Crippen LogP) is 0.903. The Morgan fingerprint density at radius 3 is 2.47 bits per heavy atom. The Morgan fingerprint density at radius 2 is 2.07 bits per heavy atom. The van der Waals surface area contributed by atoms with Crippen molar-refractivity contribution in [3.05, 3.63) is 0 Å². The SMILES string of the molecule is COCC(CCN)NC(=O)CC(C)(C)C. The van der Waals surface area contributed by atoms with Crippen molar-refractivity contribution in [1.29, 1.82) is 0 Å². The summed E-state index contributed by atoms with van der Waals surface area (Å²) in [6, 6.07) is 0.0369. The Hall–Kier alpha value is -0.610. The molecular formula is C11H24N2O2. The van der Waals surface area contributed by atoms with Crippen LogP contribution in [0, 0.1) is 5.41 Å². The highest BCUT2D eigenvalue weighted by atomic mass is 16.5. The van der Waals surface area contributed by atoms with E-state index in [1.807, 2.05) is 20.8 Å². The third kappa shape index (κ3) is 8.39. The molecule has 0 radical (unpaired) electrons. The van der Waals surface area contributed by atoms with E-state index in [-0.39, 0.29) is 17.4 Å². The molecule has 4 heteroatoms. The van der Waals surface area contributed by atoms with Gasteiger partial charge in [-0.2, -0.15) is 0 Å². The molecule has 1 unspecified atom stereocenters.